The minimum Gasteiger partial charge on any atom is -0.324 e. The van der Waals surface area contributed by atoms with Gasteiger partial charge in [-0.05, 0) is 29.8 Å². The van der Waals surface area contributed by atoms with Crippen LogP contribution in [0.2, 0.25) is 10.0 Å². The summed E-state index contributed by atoms with van der Waals surface area (Å²) in [6, 6.07) is 15.6. The lowest BCUT2D eigenvalue weighted by Gasteiger charge is -2.25. The second-order valence-corrected chi connectivity index (χ2v) is 8.11. The zero-order valence-electron chi connectivity index (χ0n) is 16.8. The van der Waals surface area contributed by atoms with Crippen LogP contribution in [0.1, 0.15) is 26.3 Å². The van der Waals surface area contributed by atoms with Gasteiger partial charge < -0.3 is 5.32 Å². The number of imide groups is 1. The molecule has 4 rings (SSSR count). The zero-order chi connectivity index (χ0) is 23.7. The van der Waals surface area contributed by atoms with Crippen LogP contribution in [-0.4, -0.2) is 33.6 Å². The summed E-state index contributed by atoms with van der Waals surface area (Å²) < 4.78 is 0. The summed E-state index contributed by atoms with van der Waals surface area (Å²) in [7, 11) is 0. The first-order chi connectivity index (χ1) is 15.8. The van der Waals surface area contributed by atoms with E-state index >= 15 is 0 Å². The van der Waals surface area contributed by atoms with Crippen molar-refractivity contribution < 1.29 is 19.3 Å². The normalized spacial score (nSPS) is 13.6. The van der Waals surface area contributed by atoms with E-state index in [9.17, 15) is 24.5 Å². The molecule has 0 fully saturated rings. The maximum atomic E-state index is 13.3. The smallest absolute Gasteiger partial charge is 0.269 e. The lowest BCUT2D eigenvalue weighted by atomic mass is 10.0. The van der Waals surface area contributed by atoms with Crippen molar-refractivity contribution in [1.82, 2.24) is 4.90 Å². The van der Waals surface area contributed by atoms with Gasteiger partial charge in [0.25, 0.3) is 17.5 Å². The number of non-ortho nitro benzene ring substituents is 1. The molecule has 10 heteroatoms. The van der Waals surface area contributed by atoms with E-state index in [4.69, 9.17) is 23.2 Å². The number of carbonyl (C=O) groups excluding carboxylic acids is 3. The van der Waals surface area contributed by atoms with Gasteiger partial charge in [0, 0.05) is 24.2 Å². The number of hydrogen-bond donors (Lipinski definition) is 1. The van der Waals surface area contributed by atoms with Crippen LogP contribution >= 0.6 is 23.2 Å². The minimum absolute atomic E-state index is 0.0621. The summed E-state index contributed by atoms with van der Waals surface area (Å²) in [4.78, 5) is 50.7. The number of halogens is 2. The first kappa shape index (κ1) is 22.4. The minimum atomic E-state index is -1.19. The van der Waals surface area contributed by atoms with E-state index in [1.54, 1.807) is 24.3 Å². The molecule has 3 aromatic rings. The van der Waals surface area contributed by atoms with Crippen LogP contribution in [0.5, 0.6) is 0 Å². The number of hydrogen-bond acceptors (Lipinski definition) is 5. The van der Waals surface area contributed by atoms with E-state index in [-0.39, 0.29) is 39.0 Å². The van der Waals surface area contributed by atoms with E-state index in [2.05, 4.69) is 5.32 Å². The van der Waals surface area contributed by atoms with Gasteiger partial charge in [0.05, 0.1) is 26.1 Å². The number of fused-ring (bicyclic) bond motifs is 1. The summed E-state index contributed by atoms with van der Waals surface area (Å²) in [6.07, 6.45) is 0.0621. The molecule has 0 saturated carbocycles. The number of nitro benzene ring substituents is 1. The molecule has 3 aromatic carbocycles. The first-order valence-electron chi connectivity index (χ1n) is 9.72. The van der Waals surface area contributed by atoms with Gasteiger partial charge in [-0.1, -0.05) is 53.5 Å². The summed E-state index contributed by atoms with van der Waals surface area (Å²) in [5, 5.41) is 13.7. The highest BCUT2D eigenvalue weighted by molar-refractivity contribution is 6.43. The fourth-order valence-electron chi connectivity index (χ4n) is 3.57. The third-order valence-electron chi connectivity index (χ3n) is 5.19. The van der Waals surface area contributed by atoms with E-state index in [0.717, 1.165) is 10.5 Å². The van der Waals surface area contributed by atoms with Gasteiger partial charge in [0.2, 0.25) is 5.91 Å². The largest absolute Gasteiger partial charge is 0.324 e. The van der Waals surface area contributed by atoms with Gasteiger partial charge in [0.15, 0.2) is 0 Å². The number of carbonyl (C=O) groups is 3. The molecule has 1 heterocycles. The number of nitro groups is 1. The molecule has 1 N–H and O–H groups in total. The van der Waals surface area contributed by atoms with E-state index in [0.29, 0.717) is 0 Å². The van der Waals surface area contributed by atoms with Gasteiger partial charge in [-0.2, -0.15) is 0 Å². The third-order valence-corrected chi connectivity index (χ3v) is 5.91. The predicted molar refractivity (Wildman–Crippen MR) is 123 cm³/mol. The second kappa shape index (κ2) is 9.01. The molecule has 1 atom stereocenters. The van der Waals surface area contributed by atoms with Gasteiger partial charge in [-0.3, -0.25) is 29.4 Å². The SMILES string of the molecule is O=C(Nc1ccc([N+](=O)[O-])cc1)[C@@H](Cc1ccccc1)N1C(=O)c2cc(Cl)c(Cl)cc2C1=O. The van der Waals surface area contributed by atoms with Crippen molar-refractivity contribution in [1.29, 1.82) is 0 Å². The number of amides is 3. The zero-order valence-corrected chi connectivity index (χ0v) is 18.3. The average molecular weight is 484 g/mol. The van der Waals surface area contributed by atoms with Crippen LogP contribution in [-0.2, 0) is 11.2 Å². The molecule has 1 aliphatic heterocycles. The molecule has 8 nitrogen and oxygen atoms in total. The van der Waals surface area contributed by atoms with Crippen molar-refractivity contribution in [3.05, 3.63) is 104 Å². The highest BCUT2D eigenvalue weighted by Gasteiger charge is 2.43. The maximum Gasteiger partial charge on any atom is 0.269 e. The molecule has 0 unspecified atom stereocenters. The monoisotopic (exact) mass is 483 g/mol. The van der Waals surface area contributed by atoms with Crippen LogP contribution in [0.4, 0.5) is 11.4 Å². The molecule has 0 radical (unpaired) electrons. The van der Waals surface area contributed by atoms with E-state index < -0.39 is 28.7 Å². The molecule has 0 aliphatic carbocycles. The summed E-state index contributed by atoms with van der Waals surface area (Å²) in [6.45, 7) is 0. The summed E-state index contributed by atoms with van der Waals surface area (Å²) in [5.41, 5.74) is 1.01. The maximum absolute atomic E-state index is 13.3. The number of nitrogens with one attached hydrogen (secondary N) is 1. The van der Waals surface area contributed by atoms with Gasteiger partial charge in [-0.15, -0.1) is 0 Å². The number of nitrogens with zero attached hydrogens (tertiary/aromatic N) is 2. The Labute approximate surface area is 197 Å². The predicted octanol–water partition coefficient (Wildman–Crippen LogP) is 4.75. The van der Waals surface area contributed by atoms with Gasteiger partial charge in [-0.25, -0.2) is 0 Å². The summed E-state index contributed by atoms with van der Waals surface area (Å²) in [5.74, 6) is -1.94. The Balaban J connectivity index is 1.68. The molecule has 0 saturated heterocycles. The topological polar surface area (TPSA) is 110 Å². The highest BCUT2D eigenvalue weighted by Crippen LogP contribution is 2.33. The fraction of sp³-hybridized carbons (Fsp3) is 0.0870. The van der Waals surface area contributed by atoms with Gasteiger partial charge >= 0.3 is 0 Å². The quantitative estimate of drug-likeness (QED) is 0.309. The molecule has 0 spiro atoms. The molecule has 1 aliphatic rings. The number of benzene rings is 3. The molecule has 0 aromatic heterocycles. The standard InChI is InChI=1S/C23H15Cl2N3O5/c24-18-11-16-17(12-19(18)25)23(31)27(22(16)30)20(10-13-4-2-1-3-5-13)21(29)26-14-6-8-15(9-7-14)28(32)33/h1-9,11-12,20H,10H2,(H,26,29)/t20-/m1/s1. The van der Waals surface area contributed by atoms with E-state index in [1.165, 1.54) is 36.4 Å². The van der Waals surface area contributed by atoms with Gasteiger partial charge in [0.1, 0.15) is 6.04 Å². The lowest BCUT2D eigenvalue weighted by molar-refractivity contribution is -0.384. The molecule has 3 amide bonds. The Hall–Kier alpha value is -3.75. The molecule has 33 heavy (non-hydrogen) atoms. The van der Waals surface area contributed by atoms with Crippen LogP contribution in [0.15, 0.2) is 66.7 Å². The van der Waals surface area contributed by atoms with Crippen LogP contribution in [0, 0.1) is 10.1 Å². The Kier molecular flexibility index (Phi) is 6.13. The fourth-order valence-corrected chi connectivity index (χ4v) is 3.89. The first-order valence-corrected chi connectivity index (χ1v) is 10.5. The van der Waals surface area contributed by atoms with Crippen molar-refractivity contribution in [2.45, 2.75) is 12.5 Å². The third kappa shape index (κ3) is 4.44. The number of rotatable bonds is 6. The van der Waals surface area contributed by atoms with Crippen LogP contribution < -0.4 is 5.32 Å². The Morgan fingerprint density at radius 1 is 0.939 bits per heavy atom. The molecular formula is C23H15Cl2N3O5. The Morgan fingerprint density at radius 3 is 2.00 bits per heavy atom. The van der Waals surface area contributed by atoms with Crippen molar-refractivity contribution in [2.24, 2.45) is 0 Å². The van der Waals surface area contributed by atoms with Crippen molar-refractivity contribution >= 4 is 52.3 Å². The van der Waals surface area contributed by atoms with Crippen molar-refractivity contribution in [2.75, 3.05) is 5.32 Å². The average Bonchev–Trinajstić information content (AvgIpc) is 3.03. The second-order valence-electron chi connectivity index (χ2n) is 7.29. The molecule has 166 valence electrons. The molecular weight excluding hydrogens is 469 g/mol. The summed E-state index contributed by atoms with van der Waals surface area (Å²) >= 11 is 12.1. The number of anilines is 1. The highest BCUT2D eigenvalue weighted by atomic mass is 35.5. The van der Waals surface area contributed by atoms with Crippen molar-refractivity contribution in [3.8, 4) is 0 Å². The van der Waals surface area contributed by atoms with Crippen LogP contribution in [0.3, 0.4) is 0 Å². The molecule has 0 bridgehead atoms. The lowest BCUT2D eigenvalue weighted by Crippen LogP contribution is -2.48. The Bertz CT molecular complexity index is 1240. The van der Waals surface area contributed by atoms with E-state index in [1.807, 2.05) is 6.07 Å². The Morgan fingerprint density at radius 2 is 1.48 bits per heavy atom. The van der Waals surface area contributed by atoms with Crippen molar-refractivity contribution in [3.63, 3.8) is 0 Å². The van der Waals surface area contributed by atoms with Crippen LogP contribution in [0.25, 0.3) is 0 Å².